The van der Waals surface area contributed by atoms with Gasteiger partial charge in [-0.1, -0.05) is 78.9 Å². The number of nitrogens with one attached hydrogen (secondary N) is 1. The quantitative estimate of drug-likeness (QED) is 0.429. The summed E-state index contributed by atoms with van der Waals surface area (Å²) >= 11 is 0. The molecule has 0 spiro atoms. The van der Waals surface area contributed by atoms with Gasteiger partial charge >= 0.3 is 0 Å². The Morgan fingerprint density at radius 3 is 2.30 bits per heavy atom. The Morgan fingerprint density at radius 2 is 1.64 bits per heavy atom. The smallest absolute Gasteiger partial charge is 0.225 e. The van der Waals surface area contributed by atoms with E-state index in [4.69, 9.17) is 4.98 Å². The standard InChI is InChI=1S/C27H23N3O2S/c1-33(32)27-22(18-25(31)29-23(16-17-28)19-10-4-2-5-11-19)21-14-8-9-15-24(21)30-26(27)20-12-6-3-7-13-20/h2-15,23H,16,18H2,1H3,(H,29,31). The Morgan fingerprint density at radius 1 is 1.00 bits per heavy atom. The maximum absolute atomic E-state index is 13.2. The molecule has 3 aromatic carbocycles. The van der Waals surface area contributed by atoms with Crippen LogP contribution in [0.15, 0.2) is 89.8 Å². The molecule has 4 aromatic rings. The van der Waals surface area contributed by atoms with Crippen LogP contribution in [0, 0.1) is 11.3 Å². The Bertz CT molecular complexity index is 1350. The fourth-order valence-electron chi connectivity index (χ4n) is 3.97. The van der Waals surface area contributed by atoms with Crippen molar-refractivity contribution in [2.45, 2.75) is 23.8 Å². The van der Waals surface area contributed by atoms with Crippen LogP contribution in [0.25, 0.3) is 22.2 Å². The van der Waals surface area contributed by atoms with Crippen LogP contribution in [-0.4, -0.2) is 21.4 Å². The molecule has 6 heteroatoms. The van der Waals surface area contributed by atoms with Crippen molar-refractivity contribution in [1.29, 1.82) is 5.26 Å². The first-order chi connectivity index (χ1) is 16.1. The van der Waals surface area contributed by atoms with Gasteiger partial charge in [-0.25, -0.2) is 4.98 Å². The Kier molecular flexibility index (Phi) is 6.92. The molecule has 0 aliphatic heterocycles. The summed E-state index contributed by atoms with van der Waals surface area (Å²) in [6, 6.07) is 28.4. The molecule has 1 N–H and O–H groups in total. The highest BCUT2D eigenvalue weighted by Crippen LogP contribution is 2.33. The highest BCUT2D eigenvalue weighted by molar-refractivity contribution is 7.84. The minimum Gasteiger partial charge on any atom is -0.348 e. The molecule has 0 radical (unpaired) electrons. The van der Waals surface area contributed by atoms with Crippen molar-refractivity contribution in [1.82, 2.24) is 10.3 Å². The highest BCUT2D eigenvalue weighted by atomic mass is 32.2. The van der Waals surface area contributed by atoms with Crippen molar-refractivity contribution in [3.63, 3.8) is 0 Å². The zero-order valence-electron chi connectivity index (χ0n) is 18.2. The van der Waals surface area contributed by atoms with Gasteiger partial charge in [0.2, 0.25) is 5.91 Å². The van der Waals surface area contributed by atoms with Gasteiger partial charge in [-0.3, -0.25) is 9.00 Å². The van der Waals surface area contributed by atoms with Crippen LogP contribution in [-0.2, 0) is 22.0 Å². The first kappa shape index (κ1) is 22.4. The number of aromatic nitrogens is 1. The first-order valence-electron chi connectivity index (χ1n) is 10.6. The Labute approximate surface area is 195 Å². The van der Waals surface area contributed by atoms with E-state index in [9.17, 15) is 14.3 Å². The second-order valence-electron chi connectivity index (χ2n) is 7.68. The van der Waals surface area contributed by atoms with Crippen LogP contribution in [0.1, 0.15) is 23.6 Å². The zero-order valence-corrected chi connectivity index (χ0v) is 19.0. The summed E-state index contributed by atoms with van der Waals surface area (Å²) in [5.74, 6) is -0.235. The highest BCUT2D eigenvalue weighted by Gasteiger charge is 2.22. The van der Waals surface area contributed by atoms with Gasteiger partial charge in [-0.05, 0) is 17.2 Å². The SMILES string of the molecule is CS(=O)c1c(-c2ccccc2)nc2ccccc2c1CC(=O)NC(CC#N)c1ccccc1. The molecular weight excluding hydrogens is 430 g/mol. The number of hydrogen-bond donors (Lipinski definition) is 1. The molecule has 2 unspecified atom stereocenters. The van der Waals surface area contributed by atoms with E-state index in [-0.39, 0.29) is 18.7 Å². The predicted molar refractivity (Wildman–Crippen MR) is 131 cm³/mol. The van der Waals surface area contributed by atoms with E-state index >= 15 is 0 Å². The van der Waals surface area contributed by atoms with Gasteiger partial charge in [0.05, 0.1) is 51.9 Å². The Hall–Kier alpha value is -3.82. The molecular formula is C27H23N3O2S. The number of fused-ring (bicyclic) bond motifs is 1. The van der Waals surface area contributed by atoms with Crippen molar-refractivity contribution < 1.29 is 9.00 Å². The topological polar surface area (TPSA) is 82.8 Å². The number of para-hydroxylation sites is 1. The van der Waals surface area contributed by atoms with Gasteiger partial charge in [0.1, 0.15) is 0 Å². The van der Waals surface area contributed by atoms with Crippen LogP contribution >= 0.6 is 0 Å². The fourth-order valence-corrected chi connectivity index (χ4v) is 4.94. The third-order valence-electron chi connectivity index (χ3n) is 5.46. The second-order valence-corrected chi connectivity index (χ2v) is 8.99. The summed E-state index contributed by atoms with van der Waals surface area (Å²) in [4.78, 5) is 18.6. The number of nitrogens with zero attached hydrogens (tertiary/aromatic N) is 2. The molecule has 5 nitrogen and oxygen atoms in total. The van der Waals surface area contributed by atoms with Crippen LogP contribution < -0.4 is 5.32 Å². The lowest BCUT2D eigenvalue weighted by Gasteiger charge is -2.19. The van der Waals surface area contributed by atoms with Crippen LogP contribution in [0.4, 0.5) is 0 Å². The lowest BCUT2D eigenvalue weighted by molar-refractivity contribution is -0.121. The largest absolute Gasteiger partial charge is 0.348 e. The van der Waals surface area contributed by atoms with Crippen molar-refractivity contribution in [3.05, 3.63) is 96.1 Å². The lowest BCUT2D eigenvalue weighted by atomic mass is 10.00. The van der Waals surface area contributed by atoms with Gasteiger partial charge in [0, 0.05) is 17.2 Å². The van der Waals surface area contributed by atoms with Gasteiger partial charge in [0.25, 0.3) is 0 Å². The maximum atomic E-state index is 13.2. The number of hydrogen-bond acceptors (Lipinski definition) is 4. The molecule has 164 valence electrons. The molecule has 4 rings (SSSR count). The normalized spacial score (nSPS) is 12.6. The molecule has 2 atom stereocenters. The van der Waals surface area contributed by atoms with Gasteiger partial charge in [-0.15, -0.1) is 0 Å². The van der Waals surface area contributed by atoms with E-state index in [0.717, 1.165) is 22.0 Å². The van der Waals surface area contributed by atoms with Crippen LogP contribution in [0.3, 0.4) is 0 Å². The van der Waals surface area contributed by atoms with E-state index in [0.29, 0.717) is 16.2 Å². The molecule has 0 aliphatic carbocycles. The number of carbonyl (C=O) groups excluding carboxylic acids is 1. The number of rotatable bonds is 7. The summed E-state index contributed by atoms with van der Waals surface area (Å²) < 4.78 is 12.9. The maximum Gasteiger partial charge on any atom is 0.225 e. The first-order valence-corrected chi connectivity index (χ1v) is 12.2. The number of nitriles is 1. The molecule has 33 heavy (non-hydrogen) atoms. The van der Waals surface area contributed by atoms with E-state index in [1.54, 1.807) is 6.26 Å². The molecule has 0 saturated heterocycles. The Balaban J connectivity index is 1.78. The van der Waals surface area contributed by atoms with Gasteiger partial charge < -0.3 is 5.32 Å². The third-order valence-corrected chi connectivity index (χ3v) is 6.47. The zero-order chi connectivity index (χ0) is 23.2. The van der Waals surface area contributed by atoms with E-state index < -0.39 is 16.8 Å². The molecule has 0 fully saturated rings. The van der Waals surface area contributed by atoms with Crippen LogP contribution in [0.5, 0.6) is 0 Å². The van der Waals surface area contributed by atoms with E-state index in [2.05, 4.69) is 11.4 Å². The fraction of sp³-hybridized carbons (Fsp3) is 0.148. The summed E-state index contributed by atoms with van der Waals surface area (Å²) in [5.41, 5.74) is 3.78. The number of amides is 1. The minimum atomic E-state index is -1.37. The molecule has 0 aliphatic rings. The number of carbonyl (C=O) groups is 1. The number of benzene rings is 3. The minimum absolute atomic E-state index is 0.0343. The number of pyridine rings is 1. The van der Waals surface area contributed by atoms with Gasteiger partial charge in [-0.2, -0.15) is 5.26 Å². The molecule has 1 heterocycles. The van der Waals surface area contributed by atoms with Crippen molar-refractivity contribution in [2.24, 2.45) is 0 Å². The molecule has 0 saturated carbocycles. The molecule has 1 amide bonds. The molecule has 0 bridgehead atoms. The van der Waals surface area contributed by atoms with Crippen molar-refractivity contribution >= 4 is 27.6 Å². The average molecular weight is 454 g/mol. The molecule has 1 aromatic heterocycles. The second kappa shape index (κ2) is 10.2. The van der Waals surface area contributed by atoms with Crippen molar-refractivity contribution in [3.8, 4) is 17.3 Å². The lowest BCUT2D eigenvalue weighted by Crippen LogP contribution is -2.30. The predicted octanol–water partition coefficient (Wildman–Crippen LogP) is 4.95. The van der Waals surface area contributed by atoms with Crippen LogP contribution in [0.2, 0.25) is 0 Å². The summed E-state index contributed by atoms with van der Waals surface area (Å²) in [5, 5.41) is 13.1. The van der Waals surface area contributed by atoms with E-state index in [1.807, 2.05) is 84.9 Å². The average Bonchev–Trinajstić information content (AvgIpc) is 2.84. The summed E-state index contributed by atoms with van der Waals surface area (Å²) in [7, 11) is -1.37. The summed E-state index contributed by atoms with van der Waals surface area (Å²) in [6.45, 7) is 0. The monoisotopic (exact) mass is 453 g/mol. The van der Waals surface area contributed by atoms with E-state index in [1.165, 1.54) is 0 Å². The third kappa shape index (κ3) is 5.00. The summed E-state index contributed by atoms with van der Waals surface area (Å²) in [6.07, 6.45) is 1.81. The van der Waals surface area contributed by atoms with Crippen molar-refractivity contribution in [2.75, 3.05) is 6.26 Å². The van der Waals surface area contributed by atoms with Gasteiger partial charge in [0.15, 0.2) is 0 Å².